The van der Waals surface area contributed by atoms with Gasteiger partial charge in [0.05, 0.1) is 29.9 Å². The molecular formula is C25H24FN7O3S. The summed E-state index contributed by atoms with van der Waals surface area (Å²) in [6, 6.07) is 11.0. The van der Waals surface area contributed by atoms with Gasteiger partial charge in [-0.05, 0) is 29.3 Å². The molecule has 3 aromatic rings. The van der Waals surface area contributed by atoms with Crippen LogP contribution in [0.3, 0.4) is 0 Å². The number of nitrogens with zero attached hydrogens (tertiary/aromatic N) is 5. The number of aromatic nitrogens is 1. The summed E-state index contributed by atoms with van der Waals surface area (Å²) in [6.07, 6.45) is 4.99. The number of thiazole rings is 1. The number of piperazine rings is 1. The predicted molar refractivity (Wildman–Crippen MR) is 136 cm³/mol. The first-order chi connectivity index (χ1) is 17.8. The first-order valence-corrected chi connectivity index (χ1v) is 12.4. The van der Waals surface area contributed by atoms with Crippen LogP contribution in [-0.2, 0) is 22.7 Å². The van der Waals surface area contributed by atoms with Crippen molar-refractivity contribution in [3.05, 3.63) is 59.4 Å². The molecule has 0 spiro atoms. The van der Waals surface area contributed by atoms with Crippen molar-refractivity contribution < 1.29 is 18.8 Å². The van der Waals surface area contributed by atoms with Gasteiger partial charge in [0.25, 0.3) is 0 Å². The van der Waals surface area contributed by atoms with Crippen LogP contribution >= 0.6 is 11.3 Å². The van der Waals surface area contributed by atoms with Crippen LogP contribution in [0.2, 0.25) is 0 Å². The second kappa shape index (κ2) is 10.0. The van der Waals surface area contributed by atoms with Crippen LogP contribution in [-0.4, -0.2) is 75.0 Å². The molecule has 10 nitrogen and oxygen atoms in total. The van der Waals surface area contributed by atoms with Gasteiger partial charge in [-0.15, -0.1) is 6.42 Å². The normalized spacial score (nSPS) is 17.7. The highest BCUT2D eigenvalue weighted by Gasteiger charge is 2.47. The molecule has 190 valence electrons. The van der Waals surface area contributed by atoms with E-state index in [1.165, 1.54) is 33.4 Å². The highest BCUT2D eigenvalue weighted by atomic mass is 32.1. The van der Waals surface area contributed by atoms with Crippen LogP contribution in [0.5, 0.6) is 0 Å². The number of hydrazine groups is 1. The number of hydrogen-bond donors (Lipinski definition) is 2. The fourth-order valence-electron chi connectivity index (χ4n) is 4.58. The van der Waals surface area contributed by atoms with Gasteiger partial charge in [0.15, 0.2) is 5.13 Å². The van der Waals surface area contributed by atoms with Crippen LogP contribution in [0, 0.1) is 18.2 Å². The van der Waals surface area contributed by atoms with E-state index in [1.807, 2.05) is 18.2 Å². The van der Waals surface area contributed by atoms with E-state index in [2.05, 4.69) is 16.2 Å². The van der Waals surface area contributed by atoms with Crippen molar-refractivity contribution in [2.45, 2.75) is 19.3 Å². The van der Waals surface area contributed by atoms with E-state index in [0.29, 0.717) is 10.7 Å². The van der Waals surface area contributed by atoms with Gasteiger partial charge in [0, 0.05) is 13.1 Å². The first-order valence-electron chi connectivity index (χ1n) is 11.5. The molecule has 1 atom stereocenters. The van der Waals surface area contributed by atoms with Crippen molar-refractivity contribution in [3.8, 4) is 12.3 Å². The Labute approximate surface area is 216 Å². The lowest BCUT2D eigenvalue weighted by molar-refractivity contribution is -0.149. The van der Waals surface area contributed by atoms with Crippen molar-refractivity contribution in [2.24, 2.45) is 0 Å². The van der Waals surface area contributed by atoms with E-state index in [0.717, 1.165) is 15.8 Å². The van der Waals surface area contributed by atoms with Crippen molar-refractivity contribution in [1.29, 1.82) is 0 Å². The summed E-state index contributed by atoms with van der Waals surface area (Å²) in [5, 5.41) is 6.13. The number of para-hydroxylation sites is 1. The number of nitrogens with one attached hydrogen (secondary N) is 1. The Morgan fingerprint density at radius 1 is 1.22 bits per heavy atom. The number of benzene rings is 2. The summed E-state index contributed by atoms with van der Waals surface area (Å²) in [4.78, 5) is 46.4. The molecule has 0 aliphatic carbocycles. The summed E-state index contributed by atoms with van der Waals surface area (Å²) in [7, 11) is 0. The number of amides is 4. The van der Waals surface area contributed by atoms with Crippen LogP contribution < -0.4 is 11.1 Å². The summed E-state index contributed by atoms with van der Waals surface area (Å²) < 4.78 is 14.1. The van der Waals surface area contributed by atoms with Crippen LogP contribution in [0.1, 0.15) is 11.1 Å². The molecule has 2 aliphatic rings. The van der Waals surface area contributed by atoms with E-state index in [1.54, 1.807) is 22.0 Å². The lowest BCUT2D eigenvalue weighted by atomic mass is 10.1. The number of nitrogen functional groups attached to an aromatic ring is 1. The number of carbonyl (C=O) groups is 3. The predicted octanol–water partition coefficient (Wildman–Crippen LogP) is 1.59. The molecule has 5 rings (SSSR count). The molecule has 3 N–H and O–H groups in total. The number of halogens is 1. The quantitative estimate of drug-likeness (QED) is 0.476. The Morgan fingerprint density at radius 3 is 2.76 bits per heavy atom. The summed E-state index contributed by atoms with van der Waals surface area (Å²) in [5.41, 5.74) is 8.18. The third-order valence-electron chi connectivity index (χ3n) is 6.39. The lowest BCUT2D eigenvalue weighted by Gasteiger charge is -2.42. The van der Waals surface area contributed by atoms with Crippen LogP contribution in [0.25, 0.3) is 10.2 Å². The first kappa shape index (κ1) is 24.5. The molecule has 0 radical (unpaired) electrons. The molecule has 4 amide bonds. The van der Waals surface area contributed by atoms with Crippen molar-refractivity contribution in [2.75, 3.05) is 31.9 Å². The molecule has 2 aliphatic heterocycles. The number of urea groups is 1. The van der Waals surface area contributed by atoms with Crippen molar-refractivity contribution in [1.82, 2.24) is 30.1 Å². The van der Waals surface area contributed by atoms with Gasteiger partial charge in [-0.25, -0.2) is 19.2 Å². The third-order valence-corrected chi connectivity index (χ3v) is 7.24. The zero-order valence-corrected chi connectivity index (χ0v) is 20.6. The zero-order valence-electron chi connectivity index (χ0n) is 19.8. The summed E-state index contributed by atoms with van der Waals surface area (Å²) in [5.74, 6) is 1.64. The third kappa shape index (κ3) is 4.91. The van der Waals surface area contributed by atoms with E-state index in [-0.39, 0.29) is 56.9 Å². The molecule has 12 heteroatoms. The standard InChI is InChI=1S/C25H24FN7O3S/c1-2-10-32(25(36)28-11-16-6-8-18(26)9-7-16)33-15-22(35)31-14-21(34)30(13-20(31)33)12-17-4-3-5-19-23(17)29-24(27)37-19/h1,3-9,20H,10-15H2,(H2,27,29)(H,28,36)/t20-/m0/s1. The van der Waals surface area contributed by atoms with Gasteiger partial charge >= 0.3 is 6.03 Å². The Hall–Kier alpha value is -4.21. The maximum absolute atomic E-state index is 13.2. The highest BCUT2D eigenvalue weighted by Crippen LogP contribution is 2.29. The van der Waals surface area contributed by atoms with Gasteiger partial charge < -0.3 is 20.9 Å². The van der Waals surface area contributed by atoms with Crippen molar-refractivity contribution in [3.63, 3.8) is 0 Å². The fourth-order valence-corrected chi connectivity index (χ4v) is 5.37. The average molecular weight is 522 g/mol. The number of rotatable bonds is 6. The molecule has 0 saturated carbocycles. The maximum atomic E-state index is 13.2. The summed E-state index contributed by atoms with van der Waals surface area (Å²) in [6.45, 7) is 0.371. The molecule has 1 aromatic heterocycles. The topological polar surface area (TPSA) is 115 Å². The second-order valence-corrected chi connectivity index (χ2v) is 9.80. The number of fused-ring (bicyclic) bond motifs is 2. The smallest absolute Gasteiger partial charge is 0.333 e. The maximum Gasteiger partial charge on any atom is 0.333 e. The Balaban J connectivity index is 1.33. The van der Waals surface area contributed by atoms with Gasteiger partial charge in [0.2, 0.25) is 11.8 Å². The Kier molecular flexibility index (Phi) is 6.64. The largest absolute Gasteiger partial charge is 0.375 e. The lowest BCUT2D eigenvalue weighted by Crippen LogP contribution is -2.62. The zero-order chi connectivity index (χ0) is 26.1. The molecule has 0 bridgehead atoms. The van der Waals surface area contributed by atoms with Gasteiger partial charge in [0.1, 0.15) is 18.5 Å². The number of nitrogens with two attached hydrogens (primary N) is 1. The molecule has 2 fully saturated rings. The molecule has 3 heterocycles. The van der Waals surface area contributed by atoms with Crippen LogP contribution in [0.4, 0.5) is 14.3 Å². The summed E-state index contributed by atoms with van der Waals surface area (Å²) >= 11 is 1.38. The Bertz CT molecular complexity index is 1400. The molecule has 0 unspecified atom stereocenters. The number of hydrogen-bond acceptors (Lipinski definition) is 7. The van der Waals surface area contributed by atoms with E-state index in [4.69, 9.17) is 12.2 Å². The van der Waals surface area contributed by atoms with E-state index in [9.17, 15) is 18.8 Å². The van der Waals surface area contributed by atoms with Crippen LogP contribution in [0.15, 0.2) is 42.5 Å². The number of anilines is 1. The molecule has 2 saturated heterocycles. The molecule has 2 aromatic carbocycles. The average Bonchev–Trinajstić information content (AvgIpc) is 3.41. The number of terminal acetylenes is 1. The highest BCUT2D eigenvalue weighted by molar-refractivity contribution is 7.22. The molecule has 37 heavy (non-hydrogen) atoms. The second-order valence-electron chi connectivity index (χ2n) is 8.74. The van der Waals surface area contributed by atoms with E-state index >= 15 is 0 Å². The minimum absolute atomic E-state index is 0.0712. The van der Waals surface area contributed by atoms with Gasteiger partial charge in [-0.1, -0.05) is 41.5 Å². The molecular weight excluding hydrogens is 497 g/mol. The Morgan fingerprint density at radius 2 is 2.00 bits per heavy atom. The fraction of sp³-hybridized carbons (Fsp3) is 0.280. The monoisotopic (exact) mass is 521 g/mol. The van der Waals surface area contributed by atoms with E-state index < -0.39 is 12.2 Å². The SMILES string of the molecule is C#CCN(C(=O)NCc1ccc(F)cc1)N1CC(=O)N2CC(=O)N(Cc3cccc4sc(N)nc34)C[C@@H]21. The van der Waals surface area contributed by atoms with Gasteiger partial charge in [-0.2, -0.15) is 5.01 Å². The minimum Gasteiger partial charge on any atom is -0.375 e. The van der Waals surface area contributed by atoms with Crippen molar-refractivity contribution >= 4 is 44.5 Å². The van der Waals surface area contributed by atoms with Gasteiger partial charge in [-0.3, -0.25) is 9.59 Å². The number of carbonyl (C=O) groups excluding carboxylic acids is 3. The minimum atomic E-state index is -0.560.